The molecule has 0 atom stereocenters. The Labute approximate surface area is 157 Å². The summed E-state index contributed by atoms with van der Waals surface area (Å²) in [6, 6.07) is 5.31. The Morgan fingerprint density at radius 1 is 1.46 bits per heavy atom. The van der Waals surface area contributed by atoms with Crippen LogP contribution >= 0.6 is 11.6 Å². The number of hydrogen-bond donors (Lipinski definition) is 2. The van der Waals surface area contributed by atoms with Gasteiger partial charge in [-0.25, -0.2) is 0 Å². The van der Waals surface area contributed by atoms with Crippen molar-refractivity contribution >= 4 is 35.2 Å². The molecule has 1 aromatic heterocycles. The molecule has 2 amide bonds. The minimum atomic E-state index is -0.292. The third kappa shape index (κ3) is 3.80. The van der Waals surface area contributed by atoms with Crippen LogP contribution in [-0.2, 0) is 17.9 Å². The van der Waals surface area contributed by atoms with Crippen molar-refractivity contribution in [1.29, 1.82) is 0 Å². The van der Waals surface area contributed by atoms with E-state index in [2.05, 4.69) is 22.7 Å². The number of nitrogens with one attached hydrogen (secondary N) is 2. The average molecular weight is 373 g/mol. The first-order valence-corrected chi connectivity index (χ1v) is 9.00. The van der Waals surface area contributed by atoms with Gasteiger partial charge in [-0.15, -0.1) is 0 Å². The molecule has 2 heterocycles. The van der Waals surface area contributed by atoms with Gasteiger partial charge in [0, 0.05) is 36.0 Å². The number of aromatic nitrogens is 2. The monoisotopic (exact) mass is 372 g/mol. The van der Waals surface area contributed by atoms with Gasteiger partial charge in [-0.05, 0) is 37.1 Å². The Kier molecular flexibility index (Phi) is 5.42. The number of hydrogen-bond acceptors (Lipinski definition) is 3. The average Bonchev–Trinajstić information content (AvgIpc) is 3.11. The van der Waals surface area contributed by atoms with Crippen molar-refractivity contribution in [3.05, 3.63) is 51.8 Å². The summed E-state index contributed by atoms with van der Waals surface area (Å²) < 4.78 is 1.76. The van der Waals surface area contributed by atoms with Gasteiger partial charge in [-0.1, -0.05) is 31.0 Å². The Morgan fingerprint density at radius 3 is 3.04 bits per heavy atom. The summed E-state index contributed by atoms with van der Waals surface area (Å²) in [6.45, 7) is 5.26. The fourth-order valence-electron chi connectivity index (χ4n) is 2.85. The van der Waals surface area contributed by atoms with E-state index in [1.165, 1.54) is 6.08 Å². The van der Waals surface area contributed by atoms with Crippen molar-refractivity contribution in [3.63, 3.8) is 0 Å². The number of aryl methyl sites for hydroxylation is 2. The first-order chi connectivity index (χ1) is 12.5. The molecule has 7 heteroatoms. The van der Waals surface area contributed by atoms with E-state index in [-0.39, 0.29) is 11.8 Å². The lowest BCUT2D eigenvalue weighted by Gasteiger charge is -2.04. The molecular formula is C19H21ClN4O2. The highest BCUT2D eigenvalue weighted by atomic mass is 35.5. The van der Waals surface area contributed by atoms with E-state index in [4.69, 9.17) is 11.6 Å². The molecular weight excluding hydrogens is 352 g/mol. The van der Waals surface area contributed by atoms with E-state index in [9.17, 15) is 9.59 Å². The molecule has 0 fully saturated rings. The molecule has 1 aromatic carbocycles. The maximum atomic E-state index is 12.2. The molecule has 26 heavy (non-hydrogen) atoms. The van der Waals surface area contributed by atoms with Crippen molar-refractivity contribution in [3.8, 4) is 0 Å². The van der Waals surface area contributed by atoms with Gasteiger partial charge >= 0.3 is 0 Å². The second-order valence-corrected chi connectivity index (χ2v) is 6.60. The zero-order chi connectivity index (χ0) is 18.7. The fourth-order valence-corrected chi connectivity index (χ4v) is 3.17. The molecule has 6 nitrogen and oxygen atoms in total. The molecule has 3 rings (SSSR count). The van der Waals surface area contributed by atoms with Gasteiger partial charge in [0.15, 0.2) is 0 Å². The lowest BCUT2D eigenvalue weighted by molar-refractivity contribution is -0.111. The van der Waals surface area contributed by atoms with Gasteiger partial charge in [0.25, 0.3) is 5.91 Å². The van der Waals surface area contributed by atoms with E-state index in [0.29, 0.717) is 22.9 Å². The summed E-state index contributed by atoms with van der Waals surface area (Å²) >= 11 is 6.36. The number of nitrogens with zero attached hydrogens (tertiary/aromatic N) is 2. The first-order valence-electron chi connectivity index (χ1n) is 8.62. The van der Waals surface area contributed by atoms with Crippen LogP contribution in [0.15, 0.2) is 24.3 Å². The van der Waals surface area contributed by atoms with Crippen LogP contribution in [-0.4, -0.2) is 21.6 Å². The Balaban J connectivity index is 1.70. The van der Waals surface area contributed by atoms with Crippen molar-refractivity contribution in [1.82, 2.24) is 15.1 Å². The third-order valence-corrected chi connectivity index (χ3v) is 4.69. The lowest BCUT2D eigenvalue weighted by Crippen LogP contribution is -2.13. The molecule has 0 unspecified atom stereocenters. The number of fused-ring (bicyclic) bond motifs is 1. The van der Waals surface area contributed by atoms with Crippen molar-refractivity contribution in [2.24, 2.45) is 0 Å². The molecule has 0 saturated carbocycles. The standard InChI is InChI=1S/C19H21ClN4O2/c1-3-4-9-24-18(20)15(12(2)23-24)7-8-17(25)22-14-6-5-13-11-21-19(26)16(13)10-14/h5-8,10H,3-4,9,11H2,1-2H3,(H,21,26)(H,22,25)/b8-7+. The SMILES string of the molecule is CCCCn1nc(C)c(/C=C/C(=O)Nc2ccc3c(c2)C(=O)NC3)c1Cl. The topological polar surface area (TPSA) is 76.0 Å². The van der Waals surface area contributed by atoms with Crippen LogP contribution in [0.4, 0.5) is 5.69 Å². The third-order valence-electron chi connectivity index (χ3n) is 4.30. The number of amides is 2. The molecule has 2 N–H and O–H groups in total. The molecule has 0 spiro atoms. The maximum absolute atomic E-state index is 12.2. The Bertz CT molecular complexity index is 886. The number of unbranched alkanes of at least 4 members (excludes halogenated alkanes) is 1. The number of carbonyl (C=O) groups excluding carboxylic acids is 2. The molecule has 0 radical (unpaired) electrons. The van der Waals surface area contributed by atoms with Gasteiger partial charge in [0.1, 0.15) is 5.15 Å². The van der Waals surface area contributed by atoms with Crippen LogP contribution in [0.2, 0.25) is 5.15 Å². The molecule has 1 aliphatic rings. The predicted molar refractivity (Wildman–Crippen MR) is 102 cm³/mol. The van der Waals surface area contributed by atoms with Crippen LogP contribution in [0.25, 0.3) is 6.08 Å². The first kappa shape index (κ1) is 18.2. The van der Waals surface area contributed by atoms with Crippen LogP contribution in [0, 0.1) is 6.92 Å². The van der Waals surface area contributed by atoms with Crippen LogP contribution in [0.3, 0.4) is 0 Å². The van der Waals surface area contributed by atoms with Crippen LogP contribution < -0.4 is 10.6 Å². The second-order valence-electron chi connectivity index (χ2n) is 6.24. The number of anilines is 1. The van der Waals surface area contributed by atoms with E-state index in [1.807, 2.05) is 13.0 Å². The van der Waals surface area contributed by atoms with Gasteiger partial charge < -0.3 is 10.6 Å². The molecule has 0 saturated heterocycles. The predicted octanol–water partition coefficient (Wildman–Crippen LogP) is 3.54. The van der Waals surface area contributed by atoms with Gasteiger partial charge in [-0.3, -0.25) is 14.3 Å². The highest BCUT2D eigenvalue weighted by molar-refractivity contribution is 6.31. The second kappa shape index (κ2) is 7.74. The summed E-state index contributed by atoms with van der Waals surface area (Å²) in [6.07, 6.45) is 5.15. The molecule has 0 bridgehead atoms. The summed E-state index contributed by atoms with van der Waals surface area (Å²) in [7, 11) is 0. The summed E-state index contributed by atoms with van der Waals surface area (Å²) in [5.41, 5.74) is 3.64. The Morgan fingerprint density at radius 2 is 2.27 bits per heavy atom. The highest BCUT2D eigenvalue weighted by Crippen LogP contribution is 2.23. The number of benzene rings is 1. The van der Waals surface area contributed by atoms with Crippen LogP contribution in [0.5, 0.6) is 0 Å². The molecule has 0 aliphatic carbocycles. The number of carbonyl (C=O) groups is 2. The smallest absolute Gasteiger partial charge is 0.251 e. The maximum Gasteiger partial charge on any atom is 0.251 e. The van der Waals surface area contributed by atoms with Crippen molar-refractivity contribution in [2.45, 2.75) is 39.8 Å². The lowest BCUT2D eigenvalue weighted by atomic mass is 10.1. The minimum Gasteiger partial charge on any atom is -0.348 e. The highest BCUT2D eigenvalue weighted by Gasteiger charge is 2.19. The van der Waals surface area contributed by atoms with E-state index >= 15 is 0 Å². The molecule has 136 valence electrons. The van der Waals surface area contributed by atoms with Crippen molar-refractivity contribution < 1.29 is 9.59 Å². The normalized spacial score (nSPS) is 13.1. The van der Waals surface area contributed by atoms with Gasteiger partial charge in [-0.2, -0.15) is 5.10 Å². The minimum absolute atomic E-state index is 0.117. The molecule has 1 aliphatic heterocycles. The zero-order valence-electron chi connectivity index (χ0n) is 14.8. The number of halogens is 1. The Hall–Kier alpha value is -2.60. The van der Waals surface area contributed by atoms with Gasteiger partial charge in [0.05, 0.1) is 5.69 Å². The van der Waals surface area contributed by atoms with Crippen LogP contribution in [0.1, 0.15) is 46.9 Å². The van der Waals surface area contributed by atoms with Gasteiger partial charge in [0.2, 0.25) is 5.91 Å². The molecule has 2 aromatic rings. The quantitative estimate of drug-likeness (QED) is 0.761. The largest absolute Gasteiger partial charge is 0.348 e. The van der Waals surface area contributed by atoms with E-state index in [1.54, 1.807) is 22.9 Å². The summed E-state index contributed by atoms with van der Waals surface area (Å²) in [5.74, 6) is -0.409. The van der Waals surface area contributed by atoms with E-state index in [0.717, 1.165) is 36.2 Å². The fraction of sp³-hybridized carbons (Fsp3) is 0.316. The van der Waals surface area contributed by atoms with Crippen molar-refractivity contribution in [2.75, 3.05) is 5.32 Å². The summed E-state index contributed by atoms with van der Waals surface area (Å²) in [4.78, 5) is 23.9. The zero-order valence-corrected chi connectivity index (χ0v) is 15.6. The van der Waals surface area contributed by atoms with E-state index < -0.39 is 0 Å². The summed E-state index contributed by atoms with van der Waals surface area (Å²) in [5, 5.41) is 10.5. The number of rotatable bonds is 6.